The number of furan rings is 1. The van der Waals surface area contributed by atoms with Crippen molar-refractivity contribution in [3.63, 3.8) is 0 Å². The van der Waals surface area contributed by atoms with Gasteiger partial charge in [-0.25, -0.2) is 4.98 Å². The van der Waals surface area contributed by atoms with Gasteiger partial charge in [0, 0.05) is 4.47 Å². The Bertz CT molecular complexity index is 1030. The lowest BCUT2D eigenvalue weighted by Gasteiger charge is -1.98. The van der Waals surface area contributed by atoms with E-state index in [1.807, 2.05) is 18.2 Å². The third-order valence-electron chi connectivity index (χ3n) is 3.06. The Balaban J connectivity index is 1.37. The zero-order valence-electron chi connectivity index (χ0n) is 12.4. The summed E-state index contributed by atoms with van der Waals surface area (Å²) in [7, 11) is 0. The minimum Gasteiger partial charge on any atom is -0.459 e. The molecule has 0 aliphatic rings. The summed E-state index contributed by atoms with van der Waals surface area (Å²) in [5.74, 6) is 0.717. The maximum Gasteiger partial charge on any atom is 0.284 e. The summed E-state index contributed by atoms with van der Waals surface area (Å²) in [6, 6.07) is 9.23. The summed E-state index contributed by atoms with van der Waals surface area (Å²) >= 11 is 5.99. The maximum atomic E-state index is 12.1. The van der Waals surface area contributed by atoms with Crippen LogP contribution in [0.1, 0.15) is 0 Å². The van der Waals surface area contributed by atoms with E-state index >= 15 is 0 Å². The molecule has 4 rings (SSSR count). The maximum absolute atomic E-state index is 12.1. The van der Waals surface area contributed by atoms with Crippen molar-refractivity contribution in [1.82, 2.24) is 15.2 Å². The number of hydrogen-bond acceptors (Lipinski definition) is 8. The molecule has 3 aromatic heterocycles. The fourth-order valence-corrected chi connectivity index (χ4v) is 4.00. The topological polar surface area (TPSA) is 94.0 Å². The Morgan fingerprint density at radius 3 is 3.08 bits per heavy atom. The van der Waals surface area contributed by atoms with Gasteiger partial charge in [-0.15, -0.1) is 10.2 Å². The molecule has 1 amide bonds. The van der Waals surface area contributed by atoms with E-state index in [4.69, 9.17) is 8.83 Å². The third-order valence-corrected chi connectivity index (χ3v) is 5.31. The number of thiazole rings is 1. The monoisotopic (exact) mass is 436 g/mol. The fourth-order valence-electron chi connectivity index (χ4n) is 2.00. The quantitative estimate of drug-likeness (QED) is 0.462. The number of amides is 1. The first kappa shape index (κ1) is 16.3. The van der Waals surface area contributed by atoms with E-state index in [0.29, 0.717) is 16.1 Å². The Kier molecular flexibility index (Phi) is 4.55. The van der Waals surface area contributed by atoms with Crippen LogP contribution in [-0.2, 0) is 4.79 Å². The van der Waals surface area contributed by atoms with Crippen molar-refractivity contribution in [1.29, 1.82) is 0 Å². The number of aromatic nitrogens is 3. The van der Waals surface area contributed by atoms with Gasteiger partial charge in [0.05, 0.1) is 22.2 Å². The second-order valence-corrected chi connectivity index (χ2v) is 7.69. The van der Waals surface area contributed by atoms with E-state index in [9.17, 15) is 4.79 Å². The van der Waals surface area contributed by atoms with Crippen molar-refractivity contribution in [3.05, 3.63) is 41.1 Å². The number of benzene rings is 1. The van der Waals surface area contributed by atoms with Crippen LogP contribution < -0.4 is 5.32 Å². The summed E-state index contributed by atoms with van der Waals surface area (Å²) in [6.07, 6.45) is 1.52. The summed E-state index contributed by atoms with van der Waals surface area (Å²) in [5, 5.41) is 11.4. The molecule has 0 aliphatic carbocycles. The zero-order valence-corrected chi connectivity index (χ0v) is 15.7. The Labute approximate surface area is 158 Å². The molecule has 1 aromatic carbocycles. The largest absolute Gasteiger partial charge is 0.459 e. The summed E-state index contributed by atoms with van der Waals surface area (Å²) in [4.78, 5) is 16.5. The predicted octanol–water partition coefficient (Wildman–Crippen LogP) is 4.43. The highest BCUT2D eigenvalue weighted by Crippen LogP contribution is 2.29. The number of thioether (sulfide) groups is 1. The van der Waals surface area contributed by atoms with Gasteiger partial charge in [-0.2, -0.15) is 0 Å². The first-order valence-corrected chi connectivity index (χ1v) is 9.63. The molecule has 0 unspecified atom stereocenters. The Morgan fingerprint density at radius 1 is 1.32 bits per heavy atom. The number of fused-ring (bicyclic) bond motifs is 1. The van der Waals surface area contributed by atoms with Gasteiger partial charge >= 0.3 is 0 Å². The first-order valence-electron chi connectivity index (χ1n) is 7.03. The molecule has 1 N–H and O–H groups in total. The van der Waals surface area contributed by atoms with Crippen LogP contribution in [0.2, 0.25) is 0 Å². The highest BCUT2D eigenvalue weighted by molar-refractivity contribution is 9.10. The first-order chi connectivity index (χ1) is 12.2. The molecule has 0 fully saturated rings. The number of carbonyl (C=O) groups excluding carboxylic acids is 1. The summed E-state index contributed by atoms with van der Waals surface area (Å²) < 4.78 is 12.6. The second kappa shape index (κ2) is 6.98. The van der Waals surface area contributed by atoms with Gasteiger partial charge in [0.2, 0.25) is 5.91 Å². The van der Waals surface area contributed by atoms with Crippen molar-refractivity contribution in [3.8, 4) is 11.7 Å². The predicted molar refractivity (Wildman–Crippen MR) is 98.7 cm³/mol. The summed E-state index contributed by atoms with van der Waals surface area (Å²) in [5.41, 5.74) is 0.844. The average Bonchev–Trinajstić information content (AvgIpc) is 3.32. The molecule has 0 spiro atoms. The molecule has 0 saturated carbocycles. The van der Waals surface area contributed by atoms with Crippen LogP contribution in [0.4, 0.5) is 5.13 Å². The molecule has 10 heteroatoms. The third kappa shape index (κ3) is 3.75. The number of anilines is 1. The van der Waals surface area contributed by atoms with Crippen LogP contribution in [-0.4, -0.2) is 26.8 Å². The van der Waals surface area contributed by atoms with E-state index in [2.05, 4.69) is 36.4 Å². The number of hydrogen-bond donors (Lipinski definition) is 1. The van der Waals surface area contributed by atoms with Gasteiger partial charge in [-0.1, -0.05) is 39.0 Å². The van der Waals surface area contributed by atoms with Crippen LogP contribution in [0.5, 0.6) is 0 Å². The molecule has 3 heterocycles. The number of nitrogens with one attached hydrogen (secondary N) is 1. The van der Waals surface area contributed by atoms with Crippen LogP contribution in [0.25, 0.3) is 21.9 Å². The molecular formula is C15H9BrN4O3S2. The van der Waals surface area contributed by atoms with E-state index in [-0.39, 0.29) is 17.6 Å². The van der Waals surface area contributed by atoms with Gasteiger partial charge in [-0.3, -0.25) is 4.79 Å². The van der Waals surface area contributed by atoms with E-state index < -0.39 is 0 Å². The highest BCUT2D eigenvalue weighted by atomic mass is 79.9. The average molecular weight is 437 g/mol. The van der Waals surface area contributed by atoms with Crippen molar-refractivity contribution in [2.24, 2.45) is 0 Å². The molecular weight excluding hydrogens is 428 g/mol. The zero-order chi connectivity index (χ0) is 17.2. The van der Waals surface area contributed by atoms with Crippen LogP contribution in [0.3, 0.4) is 0 Å². The molecule has 7 nitrogen and oxygen atoms in total. The standard InChI is InChI=1S/C15H9BrN4O3S2/c16-8-3-4-9-11(6-8)25-14(17-9)18-12(21)7-24-15-20-19-13(23-15)10-2-1-5-22-10/h1-6H,7H2,(H,17,18,21). The number of carbonyl (C=O) groups is 1. The normalized spacial score (nSPS) is 11.1. The lowest BCUT2D eigenvalue weighted by molar-refractivity contribution is -0.113. The molecule has 4 aromatic rings. The van der Waals surface area contributed by atoms with E-state index in [0.717, 1.165) is 26.5 Å². The molecule has 0 radical (unpaired) electrons. The Morgan fingerprint density at radius 2 is 2.24 bits per heavy atom. The molecule has 126 valence electrons. The number of nitrogens with zero attached hydrogens (tertiary/aromatic N) is 3. The van der Waals surface area contributed by atoms with Crippen molar-refractivity contribution >= 4 is 60.3 Å². The SMILES string of the molecule is O=C(CSc1nnc(-c2ccco2)o1)Nc1nc2ccc(Br)cc2s1. The molecule has 0 bridgehead atoms. The summed E-state index contributed by atoms with van der Waals surface area (Å²) in [6.45, 7) is 0. The molecule has 0 saturated heterocycles. The van der Waals surface area contributed by atoms with Gasteiger partial charge in [-0.05, 0) is 30.3 Å². The molecule has 0 atom stereocenters. The lowest BCUT2D eigenvalue weighted by Crippen LogP contribution is -2.13. The van der Waals surface area contributed by atoms with Gasteiger partial charge < -0.3 is 14.2 Å². The fraction of sp³-hybridized carbons (Fsp3) is 0.0667. The van der Waals surface area contributed by atoms with Gasteiger partial charge in [0.1, 0.15) is 0 Å². The van der Waals surface area contributed by atoms with Crippen molar-refractivity contribution < 1.29 is 13.6 Å². The number of rotatable bonds is 5. The van der Waals surface area contributed by atoms with Crippen molar-refractivity contribution in [2.75, 3.05) is 11.1 Å². The molecule has 25 heavy (non-hydrogen) atoms. The molecule has 0 aliphatic heterocycles. The van der Waals surface area contributed by atoms with Crippen LogP contribution in [0, 0.1) is 0 Å². The smallest absolute Gasteiger partial charge is 0.284 e. The van der Waals surface area contributed by atoms with E-state index in [1.165, 1.54) is 17.6 Å². The van der Waals surface area contributed by atoms with Crippen LogP contribution >= 0.6 is 39.0 Å². The van der Waals surface area contributed by atoms with Crippen LogP contribution in [0.15, 0.2) is 55.1 Å². The highest BCUT2D eigenvalue weighted by Gasteiger charge is 2.14. The minimum absolute atomic E-state index is 0.138. The lowest BCUT2D eigenvalue weighted by atomic mass is 10.3. The van der Waals surface area contributed by atoms with Gasteiger partial charge in [0.15, 0.2) is 10.9 Å². The minimum atomic E-state index is -0.194. The van der Waals surface area contributed by atoms with E-state index in [1.54, 1.807) is 12.1 Å². The van der Waals surface area contributed by atoms with Gasteiger partial charge in [0.25, 0.3) is 11.1 Å². The second-order valence-electron chi connectivity index (χ2n) is 4.82. The van der Waals surface area contributed by atoms with Crippen molar-refractivity contribution in [2.45, 2.75) is 5.22 Å². The Hall–Kier alpha value is -2.17. The number of halogens is 1.